The van der Waals surface area contributed by atoms with E-state index in [1.807, 2.05) is 45.0 Å². The Kier molecular flexibility index (Phi) is 6.92. The molecule has 0 radical (unpaired) electrons. The van der Waals surface area contributed by atoms with Crippen molar-refractivity contribution in [3.63, 3.8) is 0 Å². The average molecular weight is 428 g/mol. The van der Waals surface area contributed by atoms with Crippen molar-refractivity contribution in [2.45, 2.75) is 58.9 Å². The first-order chi connectivity index (χ1) is 14.3. The zero-order valence-electron chi connectivity index (χ0n) is 17.8. The van der Waals surface area contributed by atoms with Crippen LogP contribution in [-0.2, 0) is 4.79 Å². The minimum atomic E-state index is -0.563. The third-order valence-corrected chi connectivity index (χ3v) is 6.97. The maximum atomic E-state index is 13.4. The van der Waals surface area contributed by atoms with Gasteiger partial charge in [0.15, 0.2) is 0 Å². The molecule has 7 heteroatoms. The van der Waals surface area contributed by atoms with Crippen LogP contribution in [-0.4, -0.2) is 35.2 Å². The Morgan fingerprint density at radius 1 is 1.10 bits per heavy atom. The number of benzene rings is 1. The Bertz CT molecular complexity index is 961. The van der Waals surface area contributed by atoms with E-state index in [0.717, 1.165) is 48.1 Å². The van der Waals surface area contributed by atoms with Crippen LogP contribution in [0, 0.1) is 20.8 Å². The number of rotatable bonds is 6. The second-order valence-electron chi connectivity index (χ2n) is 7.94. The Morgan fingerprint density at radius 3 is 2.40 bits per heavy atom. The lowest BCUT2D eigenvalue weighted by atomic mass is 9.93. The third kappa shape index (κ3) is 4.73. The number of amides is 3. The number of nitrogens with zero attached hydrogens (tertiary/aromatic N) is 1. The molecule has 1 fully saturated rings. The van der Waals surface area contributed by atoms with Crippen molar-refractivity contribution in [3.05, 3.63) is 51.4 Å². The molecule has 1 aliphatic carbocycles. The molecule has 1 aromatic heterocycles. The molecule has 2 aromatic rings. The van der Waals surface area contributed by atoms with Crippen molar-refractivity contribution in [1.29, 1.82) is 0 Å². The van der Waals surface area contributed by atoms with Gasteiger partial charge in [-0.3, -0.25) is 14.4 Å². The molecule has 3 amide bonds. The van der Waals surface area contributed by atoms with E-state index < -0.39 is 5.91 Å². The van der Waals surface area contributed by atoms with Gasteiger partial charge in [-0.25, -0.2) is 0 Å². The van der Waals surface area contributed by atoms with Crippen molar-refractivity contribution in [1.82, 2.24) is 4.90 Å². The summed E-state index contributed by atoms with van der Waals surface area (Å²) in [6, 6.07) is 7.50. The lowest BCUT2D eigenvalue weighted by Gasteiger charge is -2.34. The van der Waals surface area contributed by atoms with E-state index in [0.29, 0.717) is 16.1 Å². The monoisotopic (exact) mass is 427 g/mol. The van der Waals surface area contributed by atoms with Gasteiger partial charge in [0.05, 0.1) is 5.56 Å². The van der Waals surface area contributed by atoms with Crippen molar-refractivity contribution < 1.29 is 14.4 Å². The van der Waals surface area contributed by atoms with Crippen LogP contribution in [0.2, 0.25) is 0 Å². The van der Waals surface area contributed by atoms with Gasteiger partial charge < -0.3 is 16.0 Å². The van der Waals surface area contributed by atoms with Crippen molar-refractivity contribution in [2.24, 2.45) is 5.73 Å². The van der Waals surface area contributed by atoms with Crippen LogP contribution in [0.15, 0.2) is 24.3 Å². The largest absolute Gasteiger partial charge is 0.365 e. The number of primary amides is 1. The molecule has 0 spiro atoms. The predicted molar refractivity (Wildman–Crippen MR) is 120 cm³/mol. The summed E-state index contributed by atoms with van der Waals surface area (Å²) < 4.78 is 0. The fourth-order valence-corrected chi connectivity index (χ4v) is 5.14. The fraction of sp³-hybridized carbons (Fsp3) is 0.435. The zero-order chi connectivity index (χ0) is 21.8. The molecule has 160 valence electrons. The molecular weight excluding hydrogens is 398 g/mol. The van der Waals surface area contributed by atoms with Crippen molar-refractivity contribution in [3.8, 4) is 0 Å². The normalized spacial score (nSPS) is 14.4. The quantitative estimate of drug-likeness (QED) is 0.724. The van der Waals surface area contributed by atoms with E-state index in [4.69, 9.17) is 5.73 Å². The molecule has 1 aromatic carbocycles. The van der Waals surface area contributed by atoms with Crippen LogP contribution in [0.5, 0.6) is 0 Å². The third-order valence-electron chi connectivity index (χ3n) is 5.85. The summed E-state index contributed by atoms with van der Waals surface area (Å²) in [5, 5.41) is 3.28. The number of thiophene rings is 1. The number of hydrogen-bond acceptors (Lipinski definition) is 4. The van der Waals surface area contributed by atoms with Crippen molar-refractivity contribution >= 4 is 34.1 Å². The van der Waals surface area contributed by atoms with Gasteiger partial charge in [0.1, 0.15) is 11.5 Å². The molecule has 0 unspecified atom stereocenters. The smallest absolute Gasteiger partial charge is 0.254 e. The van der Waals surface area contributed by atoms with E-state index in [1.54, 1.807) is 4.90 Å². The zero-order valence-corrected chi connectivity index (χ0v) is 18.6. The van der Waals surface area contributed by atoms with Gasteiger partial charge in [0.25, 0.3) is 11.8 Å². The number of hydrogen-bond donors (Lipinski definition) is 2. The number of nitrogens with two attached hydrogens (primary N) is 1. The highest BCUT2D eigenvalue weighted by Gasteiger charge is 2.29. The molecule has 30 heavy (non-hydrogen) atoms. The molecule has 0 aliphatic heterocycles. The number of carbonyl (C=O) groups is 3. The van der Waals surface area contributed by atoms with Crippen LogP contribution in [0.4, 0.5) is 5.00 Å². The molecule has 3 N–H and O–H groups in total. The first kappa shape index (κ1) is 22.0. The molecule has 1 heterocycles. The second kappa shape index (κ2) is 9.43. The first-order valence-electron chi connectivity index (χ1n) is 10.4. The second-order valence-corrected chi connectivity index (χ2v) is 9.16. The first-order valence-corrected chi connectivity index (χ1v) is 11.2. The fourth-order valence-electron chi connectivity index (χ4n) is 4.06. The number of nitrogens with one attached hydrogen (secondary N) is 1. The number of anilines is 1. The maximum Gasteiger partial charge on any atom is 0.254 e. The van der Waals surface area contributed by atoms with Gasteiger partial charge >= 0.3 is 0 Å². The lowest BCUT2D eigenvalue weighted by molar-refractivity contribution is -0.117. The molecule has 1 aliphatic rings. The molecule has 0 atom stereocenters. The van der Waals surface area contributed by atoms with E-state index in [1.165, 1.54) is 11.3 Å². The minimum absolute atomic E-state index is 0.0408. The van der Waals surface area contributed by atoms with Gasteiger partial charge in [-0.1, -0.05) is 37.5 Å². The molecule has 1 saturated carbocycles. The summed E-state index contributed by atoms with van der Waals surface area (Å²) in [7, 11) is 0. The topological polar surface area (TPSA) is 92.5 Å². The highest BCUT2D eigenvalue weighted by molar-refractivity contribution is 7.16. The van der Waals surface area contributed by atoms with Gasteiger partial charge in [0, 0.05) is 16.5 Å². The average Bonchev–Trinajstić information content (AvgIpc) is 3.00. The van der Waals surface area contributed by atoms with Crippen LogP contribution in [0.3, 0.4) is 0 Å². The Labute approximate surface area is 181 Å². The molecule has 6 nitrogen and oxygen atoms in total. The summed E-state index contributed by atoms with van der Waals surface area (Å²) >= 11 is 1.33. The summed E-state index contributed by atoms with van der Waals surface area (Å²) in [4.78, 5) is 40.8. The highest BCUT2D eigenvalue weighted by atomic mass is 32.1. The summed E-state index contributed by atoms with van der Waals surface area (Å²) in [6.07, 6.45) is 5.06. The molecule has 0 saturated heterocycles. The summed E-state index contributed by atoms with van der Waals surface area (Å²) in [5.74, 6) is -0.998. The van der Waals surface area contributed by atoms with Crippen LogP contribution < -0.4 is 11.1 Å². The minimum Gasteiger partial charge on any atom is -0.365 e. The van der Waals surface area contributed by atoms with E-state index in [9.17, 15) is 14.4 Å². The van der Waals surface area contributed by atoms with Crippen LogP contribution in [0.25, 0.3) is 0 Å². The Morgan fingerprint density at radius 2 is 1.77 bits per heavy atom. The van der Waals surface area contributed by atoms with Gasteiger partial charge in [0.2, 0.25) is 5.91 Å². The molecular formula is C23H29N3O3S. The molecule has 3 rings (SSSR count). The van der Waals surface area contributed by atoms with Gasteiger partial charge in [-0.2, -0.15) is 0 Å². The van der Waals surface area contributed by atoms with Crippen LogP contribution in [0.1, 0.15) is 68.8 Å². The van der Waals surface area contributed by atoms with E-state index in [-0.39, 0.29) is 24.4 Å². The summed E-state index contributed by atoms with van der Waals surface area (Å²) in [5.41, 5.74) is 8.16. The van der Waals surface area contributed by atoms with E-state index in [2.05, 4.69) is 5.32 Å². The van der Waals surface area contributed by atoms with E-state index >= 15 is 0 Å². The van der Waals surface area contributed by atoms with Crippen LogP contribution >= 0.6 is 11.3 Å². The Hall–Kier alpha value is -2.67. The van der Waals surface area contributed by atoms with Gasteiger partial charge in [-0.05, 0) is 50.8 Å². The molecule has 0 bridgehead atoms. The summed E-state index contributed by atoms with van der Waals surface area (Å²) in [6.45, 7) is 5.56. The number of carbonyl (C=O) groups excluding carboxylic acids is 3. The SMILES string of the molecule is Cc1ccccc1C(=O)N(CC(=O)Nc1sc(C)c(C)c1C(N)=O)C1CCCCC1. The number of aryl methyl sites for hydroxylation is 2. The van der Waals surface area contributed by atoms with Gasteiger partial charge in [-0.15, -0.1) is 11.3 Å². The Balaban J connectivity index is 1.84. The predicted octanol–water partition coefficient (Wildman–Crippen LogP) is 4.19. The maximum absolute atomic E-state index is 13.4. The van der Waals surface area contributed by atoms with Crippen molar-refractivity contribution in [2.75, 3.05) is 11.9 Å². The standard InChI is InChI=1S/C23H29N3O3S/c1-14-9-7-8-12-18(14)23(29)26(17-10-5-4-6-11-17)13-19(27)25-22-20(21(24)28)15(2)16(3)30-22/h7-9,12,17H,4-6,10-11,13H2,1-3H3,(H2,24,28)(H,25,27). The highest BCUT2D eigenvalue weighted by Crippen LogP contribution is 2.32. The lowest BCUT2D eigenvalue weighted by Crippen LogP contribution is -2.46.